The van der Waals surface area contributed by atoms with Gasteiger partial charge in [0.2, 0.25) is 17.6 Å². The number of halogens is 3. The van der Waals surface area contributed by atoms with Gasteiger partial charge in [0.1, 0.15) is 5.75 Å². The molecule has 1 aromatic carbocycles. The number of hydrogen-bond acceptors (Lipinski definition) is 7. The summed E-state index contributed by atoms with van der Waals surface area (Å²) in [5.41, 5.74) is 1.95. The fraction of sp³-hybridized carbons (Fsp3) is 0.412. The molecule has 0 fully saturated rings. The number of alkyl halides is 3. The Kier molecular flexibility index (Phi) is 5.15. The Morgan fingerprint density at radius 1 is 1.07 bits per heavy atom. The highest BCUT2D eigenvalue weighted by Crippen LogP contribution is 2.32. The SMILES string of the molecule is Cc1nnc(CCCOc2c(C)cc(-c3noc(C(F)(F)F)n3)cc2C)o1. The van der Waals surface area contributed by atoms with Crippen LogP contribution in [-0.2, 0) is 12.6 Å². The smallest absolute Gasteiger partial charge is 0.471 e. The molecule has 0 aliphatic rings. The quantitative estimate of drug-likeness (QED) is 0.594. The van der Waals surface area contributed by atoms with Crippen LogP contribution in [0.15, 0.2) is 21.1 Å². The molecule has 0 aliphatic heterocycles. The lowest BCUT2D eigenvalue weighted by molar-refractivity contribution is -0.159. The van der Waals surface area contributed by atoms with E-state index in [1.165, 1.54) is 0 Å². The predicted molar refractivity (Wildman–Crippen MR) is 87.1 cm³/mol. The van der Waals surface area contributed by atoms with Gasteiger partial charge in [0.05, 0.1) is 6.61 Å². The van der Waals surface area contributed by atoms with Crippen molar-refractivity contribution in [2.24, 2.45) is 0 Å². The van der Waals surface area contributed by atoms with Crippen LogP contribution in [0.1, 0.15) is 35.2 Å². The molecule has 3 rings (SSSR count). The third kappa shape index (κ3) is 4.44. The lowest BCUT2D eigenvalue weighted by Crippen LogP contribution is -2.05. The Hall–Kier alpha value is -2.91. The van der Waals surface area contributed by atoms with Gasteiger partial charge in [-0.05, 0) is 43.5 Å². The second-order valence-electron chi connectivity index (χ2n) is 6.03. The van der Waals surface area contributed by atoms with Crippen LogP contribution < -0.4 is 4.74 Å². The first-order chi connectivity index (χ1) is 12.7. The van der Waals surface area contributed by atoms with E-state index in [-0.39, 0.29) is 5.82 Å². The van der Waals surface area contributed by atoms with Crippen LogP contribution in [-0.4, -0.2) is 26.9 Å². The fourth-order valence-corrected chi connectivity index (χ4v) is 2.60. The highest BCUT2D eigenvalue weighted by molar-refractivity contribution is 5.61. The third-order valence-electron chi connectivity index (χ3n) is 3.74. The zero-order valence-corrected chi connectivity index (χ0v) is 14.9. The number of aromatic nitrogens is 4. The van der Waals surface area contributed by atoms with Crippen molar-refractivity contribution in [3.05, 3.63) is 40.9 Å². The van der Waals surface area contributed by atoms with E-state index in [4.69, 9.17) is 9.15 Å². The van der Waals surface area contributed by atoms with Crippen LogP contribution in [0, 0.1) is 20.8 Å². The van der Waals surface area contributed by atoms with Crippen molar-refractivity contribution < 1.29 is 26.8 Å². The molecular formula is C17H17F3N4O3. The minimum atomic E-state index is -4.67. The molecular weight excluding hydrogens is 365 g/mol. The van der Waals surface area contributed by atoms with Gasteiger partial charge in [-0.15, -0.1) is 10.2 Å². The molecule has 7 nitrogen and oxygen atoms in total. The highest BCUT2D eigenvalue weighted by Gasteiger charge is 2.38. The largest absolute Gasteiger partial charge is 0.493 e. The Morgan fingerprint density at radius 2 is 1.78 bits per heavy atom. The molecule has 0 saturated carbocycles. The van der Waals surface area contributed by atoms with Gasteiger partial charge in [-0.1, -0.05) is 5.16 Å². The van der Waals surface area contributed by atoms with E-state index >= 15 is 0 Å². The monoisotopic (exact) mass is 382 g/mol. The summed E-state index contributed by atoms with van der Waals surface area (Å²) in [6, 6.07) is 3.32. The van der Waals surface area contributed by atoms with Crippen molar-refractivity contribution in [1.29, 1.82) is 0 Å². The molecule has 0 N–H and O–H groups in total. The Balaban J connectivity index is 1.66. The van der Waals surface area contributed by atoms with Gasteiger partial charge in [-0.3, -0.25) is 0 Å². The van der Waals surface area contributed by atoms with Crippen LogP contribution in [0.3, 0.4) is 0 Å². The molecule has 0 amide bonds. The third-order valence-corrected chi connectivity index (χ3v) is 3.74. The number of benzene rings is 1. The van der Waals surface area contributed by atoms with Crippen LogP contribution in [0.25, 0.3) is 11.4 Å². The Morgan fingerprint density at radius 3 is 2.33 bits per heavy atom. The first-order valence-electron chi connectivity index (χ1n) is 8.18. The second-order valence-corrected chi connectivity index (χ2v) is 6.03. The van der Waals surface area contributed by atoms with Crippen molar-refractivity contribution in [2.75, 3.05) is 6.61 Å². The van der Waals surface area contributed by atoms with E-state index in [9.17, 15) is 13.2 Å². The summed E-state index contributed by atoms with van der Waals surface area (Å²) in [6.07, 6.45) is -3.39. The van der Waals surface area contributed by atoms with Gasteiger partial charge >= 0.3 is 12.1 Å². The van der Waals surface area contributed by atoms with Gasteiger partial charge in [0.25, 0.3) is 0 Å². The maximum absolute atomic E-state index is 12.6. The van der Waals surface area contributed by atoms with E-state index < -0.39 is 12.1 Å². The zero-order valence-electron chi connectivity index (χ0n) is 14.9. The molecule has 10 heteroatoms. The molecule has 144 valence electrons. The lowest BCUT2D eigenvalue weighted by atomic mass is 10.1. The number of hydrogen-bond donors (Lipinski definition) is 0. The van der Waals surface area contributed by atoms with Crippen LogP contribution in [0.2, 0.25) is 0 Å². The van der Waals surface area contributed by atoms with Gasteiger partial charge in [-0.25, -0.2) is 0 Å². The van der Waals surface area contributed by atoms with Crippen molar-refractivity contribution in [3.8, 4) is 17.1 Å². The fourth-order valence-electron chi connectivity index (χ4n) is 2.60. The standard InChI is InChI=1S/C17H17F3N4O3/c1-9-7-12(15-21-16(27-24-15)17(18,19)20)8-10(2)14(9)25-6-4-5-13-23-22-11(3)26-13/h7-8H,4-6H2,1-3H3. The van der Waals surface area contributed by atoms with E-state index in [0.717, 1.165) is 11.1 Å². The van der Waals surface area contributed by atoms with Crippen LogP contribution >= 0.6 is 0 Å². The number of nitrogens with zero attached hydrogens (tertiary/aromatic N) is 4. The molecule has 0 radical (unpaired) electrons. The van der Waals surface area contributed by atoms with Gasteiger partial charge < -0.3 is 13.7 Å². The maximum atomic E-state index is 12.6. The summed E-state index contributed by atoms with van der Waals surface area (Å²) in [4.78, 5) is 3.41. The molecule has 0 bridgehead atoms. The summed E-state index contributed by atoms with van der Waals surface area (Å²) in [6.45, 7) is 5.77. The number of ether oxygens (including phenoxy) is 1. The minimum absolute atomic E-state index is 0.119. The summed E-state index contributed by atoms with van der Waals surface area (Å²) in [5.74, 6) is 0.247. The lowest BCUT2D eigenvalue weighted by Gasteiger charge is -2.13. The van der Waals surface area contributed by atoms with Crippen molar-refractivity contribution in [1.82, 2.24) is 20.3 Å². The number of rotatable bonds is 6. The average molecular weight is 382 g/mol. The van der Waals surface area contributed by atoms with E-state index in [0.29, 0.717) is 42.5 Å². The average Bonchev–Trinajstić information content (AvgIpc) is 3.22. The molecule has 27 heavy (non-hydrogen) atoms. The normalized spacial score (nSPS) is 11.8. The van der Waals surface area contributed by atoms with Crippen LogP contribution in [0.5, 0.6) is 5.75 Å². The van der Waals surface area contributed by atoms with Crippen molar-refractivity contribution in [3.63, 3.8) is 0 Å². The van der Waals surface area contributed by atoms with Crippen molar-refractivity contribution >= 4 is 0 Å². The van der Waals surface area contributed by atoms with Gasteiger partial charge in [0, 0.05) is 18.9 Å². The summed E-state index contributed by atoms with van der Waals surface area (Å²) >= 11 is 0. The molecule has 0 aliphatic carbocycles. The summed E-state index contributed by atoms with van der Waals surface area (Å²) in [5, 5.41) is 11.1. The molecule has 2 aromatic heterocycles. The molecule has 0 atom stereocenters. The first kappa shape index (κ1) is 18.9. The predicted octanol–water partition coefficient (Wildman–Crippen LogP) is 4.08. The van der Waals surface area contributed by atoms with Gasteiger partial charge in [-0.2, -0.15) is 18.2 Å². The Bertz CT molecular complexity index is 911. The zero-order chi connectivity index (χ0) is 19.6. The molecule has 2 heterocycles. The molecule has 0 unspecified atom stereocenters. The summed E-state index contributed by atoms with van der Waals surface area (Å²) in [7, 11) is 0. The minimum Gasteiger partial charge on any atom is -0.493 e. The highest BCUT2D eigenvalue weighted by atomic mass is 19.4. The maximum Gasteiger partial charge on any atom is 0.471 e. The first-order valence-corrected chi connectivity index (χ1v) is 8.18. The summed E-state index contributed by atoms with van der Waals surface area (Å²) < 4.78 is 53.2. The van der Waals surface area contributed by atoms with E-state index in [2.05, 4.69) is 24.9 Å². The topological polar surface area (TPSA) is 87.1 Å². The number of aryl methyl sites for hydroxylation is 4. The molecule has 0 saturated heterocycles. The van der Waals surface area contributed by atoms with Crippen molar-refractivity contribution in [2.45, 2.75) is 39.8 Å². The van der Waals surface area contributed by atoms with Crippen LogP contribution in [0.4, 0.5) is 13.2 Å². The second kappa shape index (κ2) is 7.37. The molecule has 3 aromatic rings. The van der Waals surface area contributed by atoms with E-state index in [1.807, 2.05) is 0 Å². The Labute approximate surface area is 152 Å². The van der Waals surface area contributed by atoms with E-state index in [1.54, 1.807) is 32.9 Å². The molecule has 0 spiro atoms. The van der Waals surface area contributed by atoms with Gasteiger partial charge in [0.15, 0.2) is 0 Å².